The van der Waals surface area contributed by atoms with E-state index in [1.54, 1.807) is 55.4 Å². The molecule has 0 amide bonds. The minimum absolute atomic E-state index is 0.365. The maximum Gasteiger partial charge on any atom is 0.366 e. The number of carbonyl (C=O) groups is 4. The lowest BCUT2D eigenvalue weighted by molar-refractivity contribution is -0.273. The Kier molecular flexibility index (Phi) is 8.51. The molecule has 0 bridgehead atoms. The highest BCUT2D eigenvalue weighted by Crippen LogP contribution is 2.41. The van der Waals surface area contributed by atoms with Gasteiger partial charge in [0.25, 0.3) is 0 Å². The highest BCUT2D eigenvalue weighted by molar-refractivity contribution is 5.80. The van der Waals surface area contributed by atoms with Crippen LogP contribution in [0.1, 0.15) is 88.5 Å². The molecule has 2 rings (SSSR count). The van der Waals surface area contributed by atoms with E-state index < -0.39 is 63.5 Å². The molecule has 0 spiro atoms. The first-order chi connectivity index (χ1) is 16.2. The fourth-order valence-corrected chi connectivity index (χ4v) is 3.43. The molecule has 0 aliphatic carbocycles. The monoisotopic (exact) mass is 518 g/mol. The lowest BCUT2D eigenvalue weighted by atomic mass is 9.70. The predicted octanol–water partition coefficient (Wildman–Crippen LogP) is 3.87. The van der Waals surface area contributed by atoms with Crippen LogP contribution in [-0.2, 0) is 58.3 Å². The Balaban J connectivity index is 1.83. The molecule has 0 aromatic heterocycles. The molecule has 2 heterocycles. The summed E-state index contributed by atoms with van der Waals surface area (Å²) >= 11 is 0. The lowest BCUT2D eigenvalue weighted by Gasteiger charge is -2.34. The zero-order valence-corrected chi connectivity index (χ0v) is 22.7. The molecule has 2 saturated heterocycles. The minimum Gasteiger partial charge on any atom is -0.247 e. The largest absolute Gasteiger partial charge is 0.366 e. The molecule has 36 heavy (non-hydrogen) atoms. The molecule has 12 heteroatoms. The van der Waals surface area contributed by atoms with Crippen LogP contribution in [0.2, 0.25) is 0 Å². The highest BCUT2D eigenvalue weighted by atomic mass is 17.4. The number of carbonyl (C=O) groups excluding carboxylic acids is 4. The van der Waals surface area contributed by atoms with Crippen LogP contribution in [0.25, 0.3) is 0 Å². The van der Waals surface area contributed by atoms with Crippen molar-refractivity contribution in [1.82, 2.24) is 0 Å². The third-order valence-corrected chi connectivity index (χ3v) is 6.45. The van der Waals surface area contributed by atoms with Gasteiger partial charge in [-0.2, -0.15) is 19.6 Å². The standard InChI is InChI=1S/C24H38O12/c1-20(2,13-22(5,6)15(26)30-32-17(28)24(9,10)19-35-36-19)11-12-21(3,4)14(25)29-31-16(27)23(7,8)18-33-34-18/h18-19H,11-13H2,1-10H3. The van der Waals surface area contributed by atoms with Crippen LogP contribution in [0.15, 0.2) is 0 Å². The predicted molar refractivity (Wildman–Crippen MR) is 119 cm³/mol. The fourth-order valence-electron chi connectivity index (χ4n) is 3.43. The van der Waals surface area contributed by atoms with Crippen molar-refractivity contribution in [2.24, 2.45) is 27.1 Å². The molecule has 12 nitrogen and oxygen atoms in total. The van der Waals surface area contributed by atoms with Crippen molar-refractivity contribution >= 4 is 23.9 Å². The van der Waals surface area contributed by atoms with E-state index in [1.165, 1.54) is 0 Å². The van der Waals surface area contributed by atoms with Gasteiger partial charge in [-0.3, -0.25) is 0 Å². The Morgan fingerprint density at radius 3 is 1.22 bits per heavy atom. The van der Waals surface area contributed by atoms with E-state index in [-0.39, 0.29) is 0 Å². The molecule has 0 aromatic rings. The van der Waals surface area contributed by atoms with Crippen molar-refractivity contribution < 1.29 is 58.3 Å². The van der Waals surface area contributed by atoms with Crippen LogP contribution in [-0.4, -0.2) is 36.5 Å². The van der Waals surface area contributed by atoms with Crippen LogP contribution in [0.3, 0.4) is 0 Å². The normalized spacial score (nSPS) is 17.3. The summed E-state index contributed by atoms with van der Waals surface area (Å²) in [6.07, 6.45) is -0.224. The van der Waals surface area contributed by atoms with Gasteiger partial charge in [0.05, 0.1) is 10.8 Å². The Morgan fingerprint density at radius 2 is 0.861 bits per heavy atom. The topological polar surface area (TPSA) is 155 Å². The van der Waals surface area contributed by atoms with Crippen molar-refractivity contribution in [3.63, 3.8) is 0 Å². The summed E-state index contributed by atoms with van der Waals surface area (Å²) in [4.78, 5) is 87.2. The second kappa shape index (κ2) is 10.2. The zero-order valence-electron chi connectivity index (χ0n) is 22.7. The van der Waals surface area contributed by atoms with Crippen LogP contribution < -0.4 is 0 Å². The van der Waals surface area contributed by atoms with Gasteiger partial charge in [-0.15, -0.1) is 0 Å². The zero-order chi connectivity index (χ0) is 27.7. The SMILES string of the molecule is CC(C)(CCC(C)(C)C(=O)OOC(=O)C(C)(C)C1OO1)CC(C)(C)C(=O)OOC(=O)C(C)(C)C1OO1. The smallest absolute Gasteiger partial charge is 0.247 e. The van der Waals surface area contributed by atoms with Crippen molar-refractivity contribution in [2.45, 2.75) is 101 Å². The Morgan fingerprint density at radius 1 is 0.528 bits per heavy atom. The first-order valence-corrected chi connectivity index (χ1v) is 11.7. The van der Waals surface area contributed by atoms with Crippen LogP contribution in [0.4, 0.5) is 0 Å². The third kappa shape index (κ3) is 7.61. The summed E-state index contributed by atoms with van der Waals surface area (Å²) in [6.45, 7) is 16.7. The molecule has 0 unspecified atom stereocenters. The van der Waals surface area contributed by atoms with E-state index in [0.29, 0.717) is 19.3 Å². The van der Waals surface area contributed by atoms with Gasteiger partial charge in [0.15, 0.2) is 0 Å². The van der Waals surface area contributed by atoms with Gasteiger partial charge < -0.3 is 0 Å². The molecule has 2 aliphatic heterocycles. The maximum atomic E-state index is 12.6. The van der Waals surface area contributed by atoms with Crippen molar-refractivity contribution in [3.8, 4) is 0 Å². The molecule has 2 fully saturated rings. The van der Waals surface area contributed by atoms with Gasteiger partial charge in [0, 0.05) is 0 Å². The summed E-state index contributed by atoms with van der Waals surface area (Å²) in [5.41, 5.74) is -4.66. The summed E-state index contributed by atoms with van der Waals surface area (Å²) < 4.78 is 0. The van der Waals surface area contributed by atoms with Gasteiger partial charge in [0.1, 0.15) is 10.8 Å². The molecule has 0 N–H and O–H groups in total. The van der Waals surface area contributed by atoms with E-state index >= 15 is 0 Å². The first-order valence-electron chi connectivity index (χ1n) is 11.7. The molecule has 2 aliphatic rings. The second-order valence-corrected chi connectivity index (χ2v) is 12.6. The molecule has 0 saturated carbocycles. The van der Waals surface area contributed by atoms with E-state index in [0.717, 1.165) is 0 Å². The van der Waals surface area contributed by atoms with Crippen LogP contribution in [0.5, 0.6) is 0 Å². The Labute approximate surface area is 210 Å². The van der Waals surface area contributed by atoms with Crippen molar-refractivity contribution in [2.75, 3.05) is 0 Å². The molecule has 0 aromatic carbocycles. The van der Waals surface area contributed by atoms with Gasteiger partial charge in [-0.25, -0.2) is 38.7 Å². The minimum atomic E-state index is -1.13. The molecular weight excluding hydrogens is 480 g/mol. The third-order valence-electron chi connectivity index (χ3n) is 6.45. The lowest BCUT2D eigenvalue weighted by Crippen LogP contribution is -2.37. The summed E-state index contributed by atoms with van der Waals surface area (Å²) in [5.74, 6) is -3.02. The fraction of sp³-hybridized carbons (Fsp3) is 0.833. The van der Waals surface area contributed by atoms with Crippen molar-refractivity contribution in [3.05, 3.63) is 0 Å². The Hall–Kier alpha value is -2.28. The molecule has 206 valence electrons. The van der Waals surface area contributed by atoms with E-state index in [1.807, 2.05) is 13.8 Å². The van der Waals surface area contributed by atoms with E-state index in [9.17, 15) is 19.2 Å². The average molecular weight is 519 g/mol. The van der Waals surface area contributed by atoms with Gasteiger partial charge >= 0.3 is 23.9 Å². The summed E-state index contributed by atoms with van der Waals surface area (Å²) in [7, 11) is 0. The molecular formula is C24H38O12. The van der Waals surface area contributed by atoms with Crippen LogP contribution in [0, 0.1) is 27.1 Å². The Bertz CT molecular complexity index is 862. The van der Waals surface area contributed by atoms with Gasteiger partial charge in [0.2, 0.25) is 12.6 Å². The van der Waals surface area contributed by atoms with Crippen LogP contribution >= 0.6 is 0 Å². The molecule has 0 atom stereocenters. The van der Waals surface area contributed by atoms with E-state index in [4.69, 9.17) is 19.6 Å². The molecule has 0 radical (unpaired) electrons. The van der Waals surface area contributed by atoms with Gasteiger partial charge in [-0.05, 0) is 80.1 Å². The summed E-state index contributed by atoms with van der Waals surface area (Å²) in [6, 6.07) is 0. The number of hydrogen-bond donors (Lipinski definition) is 0. The number of hydrogen-bond acceptors (Lipinski definition) is 12. The average Bonchev–Trinajstić information content (AvgIpc) is 3.63. The van der Waals surface area contributed by atoms with Crippen molar-refractivity contribution in [1.29, 1.82) is 0 Å². The number of rotatable bonds is 11. The quantitative estimate of drug-likeness (QED) is 0.221. The van der Waals surface area contributed by atoms with E-state index in [2.05, 4.69) is 19.6 Å². The second-order valence-electron chi connectivity index (χ2n) is 12.6. The highest BCUT2D eigenvalue weighted by Gasteiger charge is 2.52. The summed E-state index contributed by atoms with van der Waals surface area (Å²) in [5, 5.41) is 0. The first kappa shape index (κ1) is 29.9. The van der Waals surface area contributed by atoms with Gasteiger partial charge in [-0.1, -0.05) is 13.8 Å². The maximum absolute atomic E-state index is 12.6.